The molecule has 1 heterocycles. The number of methoxy groups -OCH3 is 1. The molecular weight excluding hydrogens is 264 g/mol. The average molecular weight is 288 g/mol. The van der Waals surface area contributed by atoms with E-state index in [2.05, 4.69) is 33.0 Å². The van der Waals surface area contributed by atoms with E-state index in [0.717, 1.165) is 11.3 Å². The van der Waals surface area contributed by atoms with E-state index in [9.17, 15) is 4.79 Å². The molecule has 0 bridgehead atoms. The van der Waals surface area contributed by atoms with Gasteiger partial charge in [-0.05, 0) is 28.5 Å². The van der Waals surface area contributed by atoms with Gasteiger partial charge in [0.1, 0.15) is 11.9 Å². The quantitative estimate of drug-likeness (QED) is 0.929. The minimum absolute atomic E-state index is 0.0568. The largest absolute Gasteiger partial charge is 0.497 e. The van der Waals surface area contributed by atoms with Crippen molar-refractivity contribution in [2.45, 2.75) is 39.9 Å². The Bertz CT molecular complexity index is 566. The Morgan fingerprint density at radius 3 is 2.48 bits per heavy atom. The highest BCUT2D eigenvalue weighted by Gasteiger charge is 2.69. The van der Waals surface area contributed by atoms with Crippen LogP contribution in [-0.2, 0) is 4.79 Å². The fourth-order valence-corrected chi connectivity index (χ4v) is 3.76. The predicted octanol–water partition coefficient (Wildman–Crippen LogP) is 2.56. The van der Waals surface area contributed by atoms with Crippen LogP contribution < -0.4 is 10.1 Å². The summed E-state index contributed by atoms with van der Waals surface area (Å²) in [7, 11) is 1.66. The van der Waals surface area contributed by atoms with Crippen LogP contribution in [-0.4, -0.2) is 30.5 Å². The molecule has 0 aromatic heterocycles. The molecule has 1 aromatic carbocycles. The molecule has 2 aliphatic rings. The summed E-state index contributed by atoms with van der Waals surface area (Å²) in [6.45, 7) is 9.38. The number of rotatable bonds is 3. The Morgan fingerprint density at radius 2 is 1.90 bits per heavy atom. The maximum absolute atomic E-state index is 12.4. The van der Waals surface area contributed by atoms with Gasteiger partial charge in [-0.1, -0.05) is 39.8 Å². The highest BCUT2D eigenvalue weighted by atomic mass is 16.5. The van der Waals surface area contributed by atoms with Gasteiger partial charge in [0.25, 0.3) is 0 Å². The van der Waals surface area contributed by atoms with Gasteiger partial charge in [-0.15, -0.1) is 0 Å². The van der Waals surface area contributed by atoms with Crippen molar-refractivity contribution >= 4 is 5.91 Å². The van der Waals surface area contributed by atoms with Crippen molar-refractivity contribution in [1.82, 2.24) is 10.2 Å². The first-order chi connectivity index (χ1) is 9.80. The number of benzene rings is 1. The molecule has 0 radical (unpaired) electrons. The molecule has 1 saturated carbocycles. The molecule has 3 rings (SSSR count). The van der Waals surface area contributed by atoms with E-state index in [4.69, 9.17) is 4.74 Å². The second-order valence-corrected chi connectivity index (χ2v) is 7.21. The molecule has 1 saturated heterocycles. The molecular formula is C17H24N2O2. The molecule has 1 atom stereocenters. The van der Waals surface area contributed by atoms with E-state index in [0.29, 0.717) is 6.54 Å². The molecule has 0 spiro atoms. The number of nitrogens with zero attached hydrogens (tertiary/aromatic N) is 1. The molecule has 4 nitrogen and oxygen atoms in total. The van der Waals surface area contributed by atoms with Crippen LogP contribution in [0.5, 0.6) is 5.75 Å². The fourth-order valence-electron chi connectivity index (χ4n) is 3.76. The van der Waals surface area contributed by atoms with Crippen molar-refractivity contribution in [2.24, 2.45) is 10.8 Å². The third-order valence-electron chi connectivity index (χ3n) is 5.65. The lowest BCUT2D eigenvalue weighted by Crippen LogP contribution is -2.35. The zero-order valence-corrected chi connectivity index (χ0v) is 13.4. The van der Waals surface area contributed by atoms with Crippen molar-refractivity contribution in [3.05, 3.63) is 29.8 Å². The first-order valence-corrected chi connectivity index (χ1v) is 7.49. The number of amides is 1. The number of ether oxygens (including phenoxy) is 1. The summed E-state index contributed by atoms with van der Waals surface area (Å²) in [5, 5.41) is 3.34. The standard InChI is InChI=1S/C17H24N2O2/c1-16(2)15(17(16,3)4)19-13(20)10-18-14(19)11-7-6-8-12(9-11)21-5/h6-9,14-15,18H,10H2,1-5H3. The van der Waals surface area contributed by atoms with Gasteiger partial charge < -0.3 is 9.64 Å². The summed E-state index contributed by atoms with van der Waals surface area (Å²) in [6, 6.07) is 8.22. The number of carbonyl (C=O) groups excluding carboxylic acids is 1. The van der Waals surface area contributed by atoms with Gasteiger partial charge in [0.2, 0.25) is 5.91 Å². The maximum Gasteiger partial charge on any atom is 0.238 e. The molecule has 1 amide bonds. The van der Waals surface area contributed by atoms with Gasteiger partial charge in [0.15, 0.2) is 0 Å². The smallest absolute Gasteiger partial charge is 0.238 e. The summed E-state index contributed by atoms with van der Waals surface area (Å²) < 4.78 is 5.30. The van der Waals surface area contributed by atoms with Crippen molar-refractivity contribution in [1.29, 1.82) is 0 Å². The third kappa shape index (κ3) is 1.96. The highest BCUT2D eigenvalue weighted by molar-refractivity contribution is 5.82. The van der Waals surface area contributed by atoms with Crippen molar-refractivity contribution in [3.63, 3.8) is 0 Å². The zero-order chi connectivity index (χ0) is 15.4. The summed E-state index contributed by atoms with van der Waals surface area (Å²) in [6.07, 6.45) is -0.0568. The van der Waals surface area contributed by atoms with Crippen LogP contribution in [0.15, 0.2) is 24.3 Å². The number of hydrogen-bond acceptors (Lipinski definition) is 3. The molecule has 2 fully saturated rings. The average Bonchev–Trinajstić information content (AvgIpc) is 2.73. The minimum Gasteiger partial charge on any atom is -0.497 e. The maximum atomic E-state index is 12.4. The van der Waals surface area contributed by atoms with E-state index >= 15 is 0 Å². The lowest BCUT2D eigenvalue weighted by Gasteiger charge is -2.27. The van der Waals surface area contributed by atoms with Crippen LogP contribution in [0.2, 0.25) is 0 Å². The Labute approximate surface area is 126 Å². The van der Waals surface area contributed by atoms with Gasteiger partial charge in [0.05, 0.1) is 13.7 Å². The third-order valence-corrected chi connectivity index (χ3v) is 5.65. The SMILES string of the molecule is COc1cccc(C2NCC(=O)N2C2C(C)(C)C2(C)C)c1. The number of carbonyl (C=O) groups is 1. The monoisotopic (exact) mass is 288 g/mol. The fraction of sp³-hybridized carbons (Fsp3) is 0.588. The topological polar surface area (TPSA) is 41.6 Å². The van der Waals surface area contributed by atoms with E-state index in [1.54, 1.807) is 7.11 Å². The van der Waals surface area contributed by atoms with Crippen LogP contribution in [0.25, 0.3) is 0 Å². The van der Waals surface area contributed by atoms with Crippen molar-refractivity contribution < 1.29 is 9.53 Å². The summed E-state index contributed by atoms with van der Waals surface area (Å²) in [5.41, 5.74) is 1.37. The van der Waals surface area contributed by atoms with Crippen LogP contribution >= 0.6 is 0 Å². The molecule has 114 valence electrons. The Kier molecular flexibility index (Phi) is 3.06. The lowest BCUT2D eigenvalue weighted by atomic mass is 10.0. The van der Waals surface area contributed by atoms with Crippen molar-refractivity contribution in [3.8, 4) is 5.75 Å². The molecule has 1 unspecified atom stereocenters. The van der Waals surface area contributed by atoms with Crippen LogP contribution in [0, 0.1) is 10.8 Å². The zero-order valence-electron chi connectivity index (χ0n) is 13.4. The molecule has 21 heavy (non-hydrogen) atoms. The number of hydrogen-bond donors (Lipinski definition) is 1. The minimum atomic E-state index is -0.0568. The summed E-state index contributed by atoms with van der Waals surface area (Å²) in [5.74, 6) is 1.01. The second kappa shape index (κ2) is 4.47. The van der Waals surface area contributed by atoms with Crippen LogP contribution in [0.1, 0.15) is 39.4 Å². The predicted molar refractivity (Wildman–Crippen MR) is 81.9 cm³/mol. The van der Waals surface area contributed by atoms with Crippen molar-refractivity contribution in [2.75, 3.05) is 13.7 Å². The van der Waals surface area contributed by atoms with Crippen LogP contribution in [0.3, 0.4) is 0 Å². The van der Waals surface area contributed by atoms with E-state index in [-0.39, 0.29) is 28.9 Å². The van der Waals surface area contributed by atoms with Gasteiger partial charge in [-0.3, -0.25) is 10.1 Å². The molecule has 1 N–H and O–H groups in total. The normalized spacial score (nSPS) is 27.0. The molecule has 1 aliphatic heterocycles. The first-order valence-electron chi connectivity index (χ1n) is 7.49. The van der Waals surface area contributed by atoms with E-state index in [1.165, 1.54) is 0 Å². The van der Waals surface area contributed by atoms with E-state index < -0.39 is 0 Å². The first kappa shape index (κ1) is 14.4. The van der Waals surface area contributed by atoms with Gasteiger partial charge in [0, 0.05) is 6.04 Å². The van der Waals surface area contributed by atoms with Gasteiger partial charge in [-0.2, -0.15) is 0 Å². The van der Waals surface area contributed by atoms with Gasteiger partial charge >= 0.3 is 0 Å². The Morgan fingerprint density at radius 1 is 1.24 bits per heavy atom. The lowest BCUT2D eigenvalue weighted by molar-refractivity contribution is -0.129. The van der Waals surface area contributed by atoms with E-state index in [1.807, 2.05) is 29.2 Å². The number of nitrogens with one attached hydrogen (secondary N) is 1. The molecule has 1 aliphatic carbocycles. The Balaban J connectivity index is 1.94. The second-order valence-electron chi connectivity index (χ2n) is 7.21. The Hall–Kier alpha value is -1.55. The summed E-state index contributed by atoms with van der Waals surface area (Å²) in [4.78, 5) is 14.4. The molecule has 4 heteroatoms. The van der Waals surface area contributed by atoms with Gasteiger partial charge in [-0.25, -0.2) is 0 Å². The molecule has 1 aromatic rings. The summed E-state index contributed by atoms with van der Waals surface area (Å²) >= 11 is 0. The highest BCUT2D eigenvalue weighted by Crippen LogP contribution is 2.66. The van der Waals surface area contributed by atoms with Crippen LogP contribution in [0.4, 0.5) is 0 Å².